The lowest BCUT2D eigenvalue weighted by molar-refractivity contribution is 0.0601. The molecule has 0 aliphatic carbocycles. The summed E-state index contributed by atoms with van der Waals surface area (Å²) in [4.78, 5) is 32.1. The molecule has 0 atom stereocenters. The molecule has 2 heterocycles. The molecule has 4 rings (SSSR count). The number of anilines is 1. The van der Waals surface area contributed by atoms with Gasteiger partial charge in [0.15, 0.2) is 0 Å². The van der Waals surface area contributed by atoms with Crippen molar-refractivity contribution in [2.45, 2.75) is 19.8 Å². The van der Waals surface area contributed by atoms with Gasteiger partial charge in [0.25, 0.3) is 5.56 Å². The molecule has 1 aromatic heterocycles. The molecule has 6 heteroatoms. The van der Waals surface area contributed by atoms with Crippen LogP contribution in [-0.4, -0.2) is 35.7 Å². The third-order valence-electron chi connectivity index (χ3n) is 4.95. The summed E-state index contributed by atoms with van der Waals surface area (Å²) in [7, 11) is 1.34. The number of nitrogens with zero attached hydrogens (tertiary/aromatic N) is 3. The van der Waals surface area contributed by atoms with E-state index in [1.165, 1.54) is 7.11 Å². The van der Waals surface area contributed by atoms with E-state index in [2.05, 4.69) is 4.90 Å². The Morgan fingerprint density at radius 1 is 1.07 bits per heavy atom. The summed E-state index contributed by atoms with van der Waals surface area (Å²) in [6.45, 7) is 3.74. The second kappa shape index (κ2) is 6.87. The number of esters is 1. The lowest BCUT2D eigenvalue weighted by atomic mass is 10.1. The Hall–Kier alpha value is -3.15. The van der Waals surface area contributed by atoms with Gasteiger partial charge in [-0.3, -0.25) is 4.79 Å². The normalized spacial score (nSPS) is 13.9. The Balaban J connectivity index is 1.98. The molecule has 0 radical (unpaired) electrons. The number of rotatable bonds is 3. The molecule has 1 aliphatic heterocycles. The highest BCUT2D eigenvalue weighted by Crippen LogP contribution is 2.23. The van der Waals surface area contributed by atoms with Crippen molar-refractivity contribution in [1.82, 2.24) is 9.55 Å². The summed E-state index contributed by atoms with van der Waals surface area (Å²) >= 11 is 0. The van der Waals surface area contributed by atoms with E-state index in [-0.39, 0.29) is 5.56 Å². The zero-order valence-electron chi connectivity index (χ0n) is 15.4. The summed E-state index contributed by atoms with van der Waals surface area (Å²) in [5, 5.41) is 0.478. The number of carbonyl (C=O) groups is 1. The summed E-state index contributed by atoms with van der Waals surface area (Å²) in [5.74, 6) is 0.181. The molecule has 27 heavy (non-hydrogen) atoms. The largest absolute Gasteiger partial charge is 0.465 e. The van der Waals surface area contributed by atoms with Gasteiger partial charge in [-0.1, -0.05) is 17.7 Å². The molecule has 0 spiro atoms. The van der Waals surface area contributed by atoms with Crippen molar-refractivity contribution < 1.29 is 9.53 Å². The first kappa shape index (κ1) is 17.3. The van der Waals surface area contributed by atoms with E-state index in [1.54, 1.807) is 22.8 Å². The molecule has 1 fully saturated rings. The van der Waals surface area contributed by atoms with Crippen molar-refractivity contribution in [3.8, 4) is 5.69 Å². The Bertz CT molecular complexity index is 1060. The van der Waals surface area contributed by atoms with Crippen LogP contribution in [0.4, 0.5) is 5.95 Å². The number of ether oxygens (including phenoxy) is 1. The highest BCUT2D eigenvalue weighted by atomic mass is 16.5. The maximum absolute atomic E-state index is 13.3. The minimum Gasteiger partial charge on any atom is -0.465 e. The van der Waals surface area contributed by atoms with Gasteiger partial charge >= 0.3 is 5.97 Å². The number of carbonyl (C=O) groups excluding carboxylic acids is 1. The van der Waals surface area contributed by atoms with E-state index in [0.29, 0.717) is 22.4 Å². The van der Waals surface area contributed by atoms with Crippen LogP contribution < -0.4 is 10.5 Å². The molecule has 0 bridgehead atoms. The maximum Gasteiger partial charge on any atom is 0.337 e. The lowest BCUT2D eigenvalue weighted by Crippen LogP contribution is -2.30. The van der Waals surface area contributed by atoms with Crippen LogP contribution in [0.25, 0.3) is 16.6 Å². The van der Waals surface area contributed by atoms with Crippen LogP contribution in [0.2, 0.25) is 0 Å². The summed E-state index contributed by atoms with van der Waals surface area (Å²) < 4.78 is 6.46. The van der Waals surface area contributed by atoms with E-state index >= 15 is 0 Å². The number of hydrogen-bond donors (Lipinski definition) is 0. The standard InChI is InChI=1S/C21H21N3O3/c1-14-5-8-16(9-6-14)24-19(25)17-10-7-15(20(26)27-2)13-18(17)22-21(24)23-11-3-4-12-23/h5-10,13H,3-4,11-12H2,1-2H3. The van der Waals surface area contributed by atoms with Crippen molar-refractivity contribution in [2.75, 3.05) is 25.1 Å². The molecule has 1 saturated heterocycles. The fraction of sp³-hybridized carbons (Fsp3) is 0.286. The Morgan fingerprint density at radius 3 is 2.44 bits per heavy atom. The molecule has 0 N–H and O–H groups in total. The van der Waals surface area contributed by atoms with E-state index in [4.69, 9.17) is 9.72 Å². The average molecular weight is 363 g/mol. The maximum atomic E-state index is 13.3. The molecular formula is C21H21N3O3. The Morgan fingerprint density at radius 2 is 1.78 bits per heavy atom. The number of aromatic nitrogens is 2. The van der Waals surface area contributed by atoms with Crippen molar-refractivity contribution in [3.63, 3.8) is 0 Å². The second-order valence-corrected chi connectivity index (χ2v) is 6.81. The highest BCUT2D eigenvalue weighted by Gasteiger charge is 2.21. The van der Waals surface area contributed by atoms with Crippen molar-refractivity contribution in [3.05, 3.63) is 63.9 Å². The van der Waals surface area contributed by atoms with Gasteiger partial charge in [0.05, 0.1) is 29.3 Å². The van der Waals surface area contributed by atoms with Gasteiger partial charge < -0.3 is 9.64 Å². The lowest BCUT2D eigenvalue weighted by Gasteiger charge is -2.22. The summed E-state index contributed by atoms with van der Waals surface area (Å²) in [6.07, 6.45) is 2.15. The molecule has 2 aromatic carbocycles. The first-order chi connectivity index (χ1) is 13.1. The molecule has 1 aliphatic rings. The van der Waals surface area contributed by atoms with Gasteiger partial charge in [0.1, 0.15) is 0 Å². The zero-order chi connectivity index (χ0) is 19.0. The van der Waals surface area contributed by atoms with E-state index < -0.39 is 5.97 Å². The van der Waals surface area contributed by atoms with Crippen molar-refractivity contribution in [1.29, 1.82) is 0 Å². The molecule has 0 amide bonds. The van der Waals surface area contributed by atoms with Crippen molar-refractivity contribution in [2.24, 2.45) is 0 Å². The Kier molecular flexibility index (Phi) is 4.39. The number of methoxy groups -OCH3 is 1. The molecule has 0 unspecified atom stereocenters. The van der Waals surface area contributed by atoms with Crippen LogP contribution in [0.3, 0.4) is 0 Å². The average Bonchev–Trinajstić information content (AvgIpc) is 3.22. The van der Waals surface area contributed by atoms with Gasteiger partial charge in [0.2, 0.25) is 5.95 Å². The van der Waals surface area contributed by atoms with Gasteiger partial charge in [-0.25, -0.2) is 14.3 Å². The van der Waals surface area contributed by atoms with Crippen molar-refractivity contribution >= 4 is 22.8 Å². The first-order valence-corrected chi connectivity index (χ1v) is 9.05. The van der Waals surface area contributed by atoms with Crippen LogP contribution in [0.5, 0.6) is 0 Å². The molecular weight excluding hydrogens is 342 g/mol. The molecule has 0 saturated carbocycles. The van der Waals surface area contributed by atoms with Gasteiger partial charge in [-0.05, 0) is 50.1 Å². The van der Waals surface area contributed by atoms with Crippen LogP contribution in [-0.2, 0) is 4.74 Å². The smallest absolute Gasteiger partial charge is 0.337 e. The van der Waals surface area contributed by atoms with E-state index in [9.17, 15) is 9.59 Å². The quantitative estimate of drug-likeness (QED) is 0.669. The number of hydrogen-bond acceptors (Lipinski definition) is 5. The topological polar surface area (TPSA) is 64.4 Å². The van der Waals surface area contributed by atoms with E-state index in [1.807, 2.05) is 31.2 Å². The monoisotopic (exact) mass is 363 g/mol. The predicted octanol–water partition coefficient (Wildman–Crippen LogP) is 3.08. The number of aryl methyl sites for hydroxylation is 1. The fourth-order valence-corrected chi connectivity index (χ4v) is 3.47. The van der Waals surface area contributed by atoms with Gasteiger partial charge in [-0.2, -0.15) is 0 Å². The third kappa shape index (κ3) is 3.07. The first-order valence-electron chi connectivity index (χ1n) is 9.05. The summed E-state index contributed by atoms with van der Waals surface area (Å²) in [5.41, 5.74) is 2.68. The highest BCUT2D eigenvalue weighted by molar-refractivity contribution is 5.94. The van der Waals surface area contributed by atoms with Crippen LogP contribution in [0, 0.1) is 6.92 Å². The minimum atomic E-state index is -0.441. The summed E-state index contributed by atoms with van der Waals surface area (Å²) in [6, 6.07) is 12.7. The van der Waals surface area contributed by atoms with E-state index in [0.717, 1.165) is 37.2 Å². The van der Waals surface area contributed by atoms with Gasteiger partial charge in [-0.15, -0.1) is 0 Å². The molecule has 138 valence electrons. The third-order valence-corrected chi connectivity index (χ3v) is 4.95. The number of fused-ring (bicyclic) bond motifs is 1. The van der Waals surface area contributed by atoms with Crippen LogP contribution in [0.1, 0.15) is 28.8 Å². The Labute approximate surface area is 157 Å². The number of benzene rings is 2. The zero-order valence-corrected chi connectivity index (χ0v) is 15.4. The van der Waals surface area contributed by atoms with Crippen LogP contribution in [0.15, 0.2) is 47.3 Å². The van der Waals surface area contributed by atoms with Gasteiger partial charge in [0, 0.05) is 13.1 Å². The molecule has 6 nitrogen and oxygen atoms in total. The fourth-order valence-electron chi connectivity index (χ4n) is 3.47. The van der Waals surface area contributed by atoms with Crippen LogP contribution >= 0.6 is 0 Å². The molecule has 3 aromatic rings. The SMILES string of the molecule is COC(=O)c1ccc2c(=O)n(-c3ccc(C)cc3)c(N3CCCC3)nc2c1. The predicted molar refractivity (Wildman–Crippen MR) is 105 cm³/mol. The second-order valence-electron chi connectivity index (χ2n) is 6.81. The minimum absolute atomic E-state index is 0.137.